The number of aryl methyl sites for hydroxylation is 1. The molecular formula is C18H18F3NO2. The summed E-state index contributed by atoms with van der Waals surface area (Å²) in [6, 6.07) is 13.9. The van der Waals surface area contributed by atoms with Crippen molar-refractivity contribution < 1.29 is 23.1 Å². The van der Waals surface area contributed by atoms with Gasteiger partial charge >= 0.3 is 6.18 Å². The van der Waals surface area contributed by atoms with Crippen LogP contribution in [0.15, 0.2) is 54.6 Å². The van der Waals surface area contributed by atoms with Gasteiger partial charge < -0.3 is 10.4 Å². The molecule has 0 aliphatic rings. The fourth-order valence-electron chi connectivity index (χ4n) is 2.38. The van der Waals surface area contributed by atoms with Crippen LogP contribution in [0.1, 0.15) is 16.7 Å². The van der Waals surface area contributed by atoms with E-state index in [-0.39, 0.29) is 12.0 Å². The van der Waals surface area contributed by atoms with E-state index in [1.807, 2.05) is 13.0 Å². The molecule has 1 atom stereocenters. The zero-order valence-electron chi connectivity index (χ0n) is 13.1. The number of carbonyl (C=O) groups is 1. The maximum Gasteiger partial charge on any atom is 0.423 e. The van der Waals surface area contributed by atoms with Gasteiger partial charge in [0.05, 0.1) is 13.0 Å². The Labute approximate surface area is 138 Å². The fourth-order valence-corrected chi connectivity index (χ4v) is 2.38. The Morgan fingerprint density at radius 2 is 1.75 bits per heavy atom. The average molecular weight is 337 g/mol. The van der Waals surface area contributed by atoms with E-state index in [0.29, 0.717) is 5.56 Å². The van der Waals surface area contributed by atoms with Crippen LogP contribution in [0, 0.1) is 6.92 Å². The van der Waals surface area contributed by atoms with Crippen molar-refractivity contribution in [1.29, 1.82) is 0 Å². The number of alkyl halides is 3. The van der Waals surface area contributed by atoms with Crippen LogP contribution in [0.2, 0.25) is 0 Å². The van der Waals surface area contributed by atoms with Crippen molar-refractivity contribution in [3.63, 3.8) is 0 Å². The molecule has 0 radical (unpaired) electrons. The molecule has 0 aromatic heterocycles. The topological polar surface area (TPSA) is 49.3 Å². The standard InChI is InChI=1S/C18H18F3NO2/c1-13-6-5-7-14(10-13)11-16(23)22-12-17(24,18(19,20)21)15-8-3-2-4-9-15/h2-10,24H,11-12H2,1H3,(H,22,23)/t17-/m0/s1. The van der Waals surface area contributed by atoms with E-state index in [0.717, 1.165) is 5.56 Å². The highest BCUT2D eigenvalue weighted by Crippen LogP contribution is 2.38. The van der Waals surface area contributed by atoms with Crippen molar-refractivity contribution in [3.05, 3.63) is 71.3 Å². The summed E-state index contributed by atoms with van der Waals surface area (Å²) < 4.78 is 40.0. The minimum absolute atomic E-state index is 0.0512. The van der Waals surface area contributed by atoms with Crippen molar-refractivity contribution in [2.24, 2.45) is 0 Å². The quantitative estimate of drug-likeness (QED) is 0.881. The SMILES string of the molecule is Cc1cccc(CC(=O)NC[C@](O)(c2ccccc2)C(F)(F)F)c1. The molecule has 0 unspecified atom stereocenters. The maximum atomic E-state index is 13.3. The Morgan fingerprint density at radius 3 is 2.33 bits per heavy atom. The number of halogens is 3. The molecule has 0 saturated heterocycles. The van der Waals surface area contributed by atoms with Gasteiger partial charge in [0.1, 0.15) is 0 Å². The molecule has 2 N–H and O–H groups in total. The van der Waals surface area contributed by atoms with E-state index in [2.05, 4.69) is 5.32 Å². The van der Waals surface area contributed by atoms with Gasteiger partial charge in [-0.2, -0.15) is 13.2 Å². The van der Waals surface area contributed by atoms with Crippen LogP contribution in [-0.2, 0) is 16.8 Å². The van der Waals surface area contributed by atoms with Gasteiger partial charge in [-0.1, -0.05) is 60.2 Å². The number of carbonyl (C=O) groups excluding carboxylic acids is 1. The Morgan fingerprint density at radius 1 is 1.08 bits per heavy atom. The fraction of sp³-hybridized carbons (Fsp3) is 0.278. The molecule has 6 heteroatoms. The second kappa shape index (κ2) is 7.05. The van der Waals surface area contributed by atoms with Gasteiger partial charge in [0.15, 0.2) is 0 Å². The minimum atomic E-state index is -4.91. The molecule has 0 fully saturated rings. The van der Waals surface area contributed by atoms with E-state index < -0.39 is 24.2 Å². The summed E-state index contributed by atoms with van der Waals surface area (Å²) >= 11 is 0. The van der Waals surface area contributed by atoms with Crippen LogP contribution < -0.4 is 5.32 Å². The van der Waals surface area contributed by atoms with Crippen molar-refractivity contribution in [1.82, 2.24) is 5.32 Å². The average Bonchev–Trinajstić information content (AvgIpc) is 2.52. The van der Waals surface area contributed by atoms with Gasteiger partial charge in [-0.05, 0) is 18.1 Å². The summed E-state index contributed by atoms with van der Waals surface area (Å²) in [6.07, 6.45) is -4.96. The van der Waals surface area contributed by atoms with Gasteiger partial charge in [0.25, 0.3) is 0 Å². The summed E-state index contributed by atoms with van der Waals surface area (Å²) in [5, 5.41) is 12.3. The first-order chi connectivity index (χ1) is 11.2. The van der Waals surface area contributed by atoms with E-state index in [1.165, 1.54) is 24.3 Å². The second-order valence-electron chi connectivity index (χ2n) is 5.67. The summed E-state index contributed by atoms with van der Waals surface area (Å²) in [5.74, 6) is -0.584. The summed E-state index contributed by atoms with van der Waals surface area (Å²) in [4.78, 5) is 11.9. The zero-order valence-corrected chi connectivity index (χ0v) is 13.1. The van der Waals surface area contributed by atoms with Crippen LogP contribution in [0.3, 0.4) is 0 Å². The van der Waals surface area contributed by atoms with E-state index >= 15 is 0 Å². The van der Waals surface area contributed by atoms with Crippen molar-refractivity contribution in [2.75, 3.05) is 6.54 Å². The van der Waals surface area contributed by atoms with Gasteiger partial charge in [-0.3, -0.25) is 4.79 Å². The third-order valence-electron chi connectivity index (χ3n) is 3.71. The smallest absolute Gasteiger partial charge is 0.375 e. The lowest BCUT2D eigenvalue weighted by Gasteiger charge is -2.31. The van der Waals surface area contributed by atoms with Crippen molar-refractivity contribution in [3.8, 4) is 0 Å². The minimum Gasteiger partial charge on any atom is -0.375 e. The largest absolute Gasteiger partial charge is 0.423 e. The summed E-state index contributed by atoms with van der Waals surface area (Å²) in [5.41, 5.74) is -1.79. The maximum absolute atomic E-state index is 13.3. The van der Waals surface area contributed by atoms with E-state index in [1.54, 1.807) is 24.3 Å². The first-order valence-electron chi connectivity index (χ1n) is 7.39. The predicted octanol–water partition coefficient (Wildman–Crippen LogP) is 3.10. The molecule has 2 rings (SSSR count). The molecule has 0 heterocycles. The lowest BCUT2D eigenvalue weighted by atomic mass is 9.93. The highest BCUT2D eigenvalue weighted by molar-refractivity contribution is 5.78. The van der Waals surface area contributed by atoms with Crippen LogP contribution in [0.5, 0.6) is 0 Å². The molecule has 0 saturated carbocycles. The van der Waals surface area contributed by atoms with Gasteiger partial charge in [-0.25, -0.2) is 0 Å². The van der Waals surface area contributed by atoms with Crippen LogP contribution >= 0.6 is 0 Å². The molecule has 24 heavy (non-hydrogen) atoms. The first-order valence-corrected chi connectivity index (χ1v) is 7.39. The molecule has 2 aromatic rings. The lowest BCUT2D eigenvalue weighted by molar-refractivity contribution is -0.264. The number of amides is 1. The molecule has 1 amide bonds. The van der Waals surface area contributed by atoms with E-state index in [9.17, 15) is 23.1 Å². The third-order valence-corrected chi connectivity index (χ3v) is 3.71. The Kier molecular flexibility index (Phi) is 5.29. The lowest BCUT2D eigenvalue weighted by Crippen LogP contribution is -2.51. The van der Waals surface area contributed by atoms with E-state index in [4.69, 9.17) is 0 Å². The zero-order chi connectivity index (χ0) is 17.8. The summed E-state index contributed by atoms with van der Waals surface area (Å²) in [6.45, 7) is 0.921. The van der Waals surface area contributed by atoms with Crippen LogP contribution in [0.25, 0.3) is 0 Å². The highest BCUT2D eigenvalue weighted by Gasteiger charge is 2.55. The number of hydrogen-bond donors (Lipinski definition) is 2. The molecule has 128 valence electrons. The Hall–Kier alpha value is -2.34. The second-order valence-corrected chi connectivity index (χ2v) is 5.67. The van der Waals surface area contributed by atoms with Crippen LogP contribution in [0.4, 0.5) is 13.2 Å². The van der Waals surface area contributed by atoms with Crippen molar-refractivity contribution in [2.45, 2.75) is 25.1 Å². The van der Waals surface area contributed by atoms with Crippen molar-refractivity contribution >= 4 is 5.91 Å². The Balaban J connectivity index is 2.10. The molecule has 0 bridgehead atoms. The molecule has 0 aliphatic carbocycles. The third kappa shape index (κ3) is 4.14. The number of rotatable bonds is 5. The monoisotopic (exact) mass is 337 g/mol. The normalized spacial score (nSPS) is 14.0. The van der Waals surface area contributed by atoms with Crippen LogP contribution in [-0.4, -0.2) is 23.7 Å². The number of hydrogen-bond acceptors (Lipinski definition) is 2. The molecule has 0 spiro atoms. The number of benzene rings is 2. The molecule has 3 nitrogen and oxygen atoms in total. The molecule has 0 aliphatic heterocycles. The highest BCUT2D eigenvalue weighted by atomic mass is 19.4. The summed E-state index contributed by atoms with van der Waals surface area (Å²) in [7, 11) is 0. The van der Waals surface area contributed by atoms with Gasteiger partial charge in [0.2, 0.25) is 11.5 Å². The predicted molar refractivity (Wildman–Crippen MR) is 84.3 cm³/mol. The van der Waals surface area contributed by atoms with Gasteiger partial charge in [-0.15, -0.1) is 0 Å². The molecule has 2 aromatic carbocycles. The Bertz CT molecular complexity index is 701. The molecular weight excluding hydrogens is 319 g/mol. The first kappa shape index (κ1) is 18.0. The van der Waals surface area contributed by atoms with Gasteiger partial charge in [0, 0.05) is 0 Å². The number of aliphatic hydroxyl groups is 1. The number of nitrogens with one attached hydrogen (secondary N) is 1.